The lowest BCUT2D eigenvalue weighted by molar-refractivity contribution is 0.0697. The van der Waals surface area contributed by atoms with E-state index in [2.05, 4.69) is 4.98 Å². The Kier molecular flexibility index (Phi) is 3.00. The molecule has 0 aliphatic carbocycles. The van der Waals surface area contributed by atoms with Gasteiger partial charge < -0.3 is 5.11 Å². The van der Waals surface area contributed by atoms with Crippen LogP contribution in [0.1, 0.15) is 33.5 Å². The van der Waals surface area contributed by atoms with Gasteiger partial charge in [-0.1, -0.05) is 29.9 Å². The molecule has 1 aromatic heterocycles. The summed E-state index contributed by atoms with van der Waals surface area (Å²) in [6, 6.07) is 0. The first kappa shape index (κ1) is 10.1. The molecule has 0 saturated heterocycles. The van der Waals surface area contributed by atoms with E-state index in [1.54, 1.807) is 6.92 Å². The van der Waals surface area contributed by atoms with Crippen LogP contribution in [0.2, 0.25) is 4.47 Å². The Labute approximate surface area is 83.2 Å². The SMILES string of the molecule is CCC(=O)c1nc(Cl)sc1C(=O)O. The third kappa shape index (κ3) is 2.05. The molecule has 1 N–H and O–H groups in total. The van der Waals surface area contributed by atoms with Crippen LogP contribution in [-0.4, -0.2) is 21.8 Å². The number of nitrogens with zero attached hydrogens (tertiary/aromatic N) is 1. The maximum absolute atomic E-state index is 11.2. The molecule has 4 nitrogen and oxygen atoms in total. The standard InChI is InChI=1S/C7H6ClNO3S/c1-2-3(10)4-5(6(11)12)13-7(8)9-4/h2H2,1H3,(H,11,12). The van der Waals surface area contributed by atoms with Crippen molar-refractivity contribution in [3.63, 3.8) is 0 Å². The van der Waals surface area contributed by atoms with E-state index in [0.29, 0.717) is 0 Å². The molecule has 0 saturated carbocycles. The fourth-order valence-corrected chi connectivity index (χ4v) is 1.76. The number of ketones is 1. The highest BCUT2D eigenvalue weighted by molar-refractivity contribution is 7.17. The van der Waals surface area contributed by atoms with Gasteiger partial charge in [-0.05, 0) is 0 Å². The van der Waals surface area contributed by atoms with Crippen molar-refractivity contribution in [3.8, 4) is 0 Å². The third-order valence-electron chi connectivity index (χ3n) is 1.38. The third-order valence-corrected chi connectivity index (χ3v) is 2.53. The number of carboxylic acid groups (broad SMARTS) is 1. The van der Waals surface area contributed by atoms with Crippen LogP contribution >= 0.6 is 22.9 Å². The first-order valence-corrected chi connectivity index (χ1v) is 4.68. The van der Waals surface area contributed by atoms with E-state index in [1.807, 2.05) is 0 Å². The first-order valence-electron chi connectivity index (χ1n) is 3.49. The van der Waals surface area contributed by atoms with Crippen LogP contribution in [-0.2, 0) is 0 Å². The van der Waals surface area contributed by atoms with Crippen molar-refractivity contribution in [3.05, 3.63) is 15.0 Å². The van der Waals surface area contributed by atoms with E-state index in [0.717, 1.165) is 11.3 Å². The lowest BCUT2D eigenvalue weighted by atomic mass is 10.2. The van der Waals surface area contributed by atoms with Crippen LogP contribution in [0, 0.1) is 0 Å². The van der Waals surface area contributed by atoms with Gasteiger partial charge in [-0.25, -0.2) is 9.78 Å². The number of carbonyl (C=O) groups excluding carboxylic acids is 1. The maximum atomic E-state index is 11.2. The summed E-state index contributed by atoms with van der Waals surface area (Å²) in [5, 5.41) is 8.68. The molecule has 0 spiro atoms. The minimum absolute atomic E-state index is 0.0370. The molecule has 70 valence electrons. The second kappa shape index (κ2) is 3.85. The van der Waals surface area contributed by atoms with Crippen molar-refractivity contribution in [2.75, 3.05) is 0 Å². The summed E-state index contributed by atoms with van der Waals surface area (Å²) < 4.78 is 0.0780. The van der Waals surface area contributed by atoms with Gasteiger partial charge in [-0.3, -0.25) is 4.79 Å². The zero-order valence-corrected chi connectivity index (χ0v) is 8.28. The molecule has 0 aromatic carbocycles. The van der Waals surface area contributed by atoms with Crippen LogP contribution < -0.4 is 0 Å². The Hall–Kier alpha value is -0.940. The van der Waals surface area contributed by atoms with Crippen molar-refractivity contribution in [1.82, 2.24) is 4.98 Å². The molecule has 0 fully saturated rings. The Morgan fingerprint density at radius 3 is 2.69 bits per heavy atom. The van der Waals surface area contributed by atoms with Gasteiger partial charge in [-0.2, -0.15) is 0 Å². The molecule has 0 unspecified atom stereocenters. The Bertz CT molecular complexity index is 361. The number of aromatic carboxylic acids is 1. The van der Waals surface area contributed by atoms with Crippen LogP contribution in [0.4, 0.5) is 0 Å². The summed E-state index contributed by atoms with van der Waals surface area (Å²) in [4.78, 5) is 25.4. The number of aromatic nitrogens is 1. The Balaban J connectivity index is 3.19. The Morgan fingerprint density at radius 1 is 1.62 bits per heavy atom. The van der Waals surface area contributed by atoms with Gasteiger partial charge in [0.25, 0.3) is 0 Å². The van der Waals surface area contributed by atoms with E-state index in [-0.39, 0.29) is 27.2 Å². The summed E-state index contributed by atoms with van der Waals surface area (Å²) >= 11 is 6.30. The van der Waals surface area contributed by atoms with Crippen molar-refractivity contribution < 1.29 is 14.7 Å². The van der Waals surface area contributed by atoms with Crippen LogP contribution in [0.5, 0.6) is 0 Å². The van der Waals surface area contributed by atoms with Crippen molar-refractivity contribution in [2.45, 2.75) is 13.3 Å². The minimum atomic E-state index is -1.17. The molecule has 0 amide bonds. The predicted molar refractivity (Wildman–Crippen MR) is 48.7 cm³/mol. The number of carbonyl (C=O) groups is 2. The maximum Gasteiger partial charge on any atom is 0.348 e. The molecular formula is C7H6ClNO3S. The molecule has 1 rings (SSSR count). The second-order valence-electron chi connectivity index (χ2n) is 2.23. The highest BCUT2D eigenvalue weighted by atomic mass is 35.5. The molecule has 0 atom stereocenters. The van der Waals surface area contributed by atoms with Gasteiger partial charge in [0.15, 0.2) is 10.3 Å². The molecule has 0 aliphatic heterocycles. The van der Waals surface area contributed by atoms with Gasteiger partial charge in [0.05, 0.1) is 0 Å². The van der Waals surface area contributed by atoms with E-state index >= 15 is 0 Å². The fraction of sp³-hybridized carbons (Fsp3) is 0.286. The molecule has 1 heterocycles. The molecule has 1 aromatic rings. The summed E-state index contributed by atoms with van der Waals surface area (Å²) in [7, 11) is 0. The van der Waals surface area contributed by atoms with E-state index < -0.39 is 5.97 Å². The molecule has 0 radical (unpaired) electrons. The van der Waals surface area contributed by atoms with Gasteiger partial charge in [0, 0.05) is 6.42 Å². The van der Waals surface area contributed by atoms with E-state index in [1.165, 1.54) is 0 Å². The molecular weight excluding hydrogens is 214 g/mol. The largest absolute Gasteiger partial charge is 0.477 e. The van der Waals surface area contributed by atoms with E-state index in [4.69, 9.17) is 16.7 Å². The normalized spacial score (nSPS) is 10.0. The molecule has 0 aliphatic rings. The minimum Gasteiger partial charge on any atom is -0.477 e. The summed E-state index contributed by atoms with van der Waals surface area (Å²) in [6.45, 7) is 1.64. The van der Waals surface area contributed by atoms with Gasteiger partial charge in [0.1, 0.15) is 10.6 Å². The highest BCUT2D eigenvalue weighted by Crippen LogP contribution is 2.23. The van der Waals surface area contributed by atoms with Gasteiger partial charge >= 0.3 is 5.97 Å². The zero-order valence-electron chi connectivity index (χ0n) is 6.70. The fourth-order valence-electron chi connectivity index (χ4n) is 0.795. The highest BCUT2D eigenvalue weighted by Gasteiger charge is 2.20. The number of hydrogen-bond donors (Lipinski definition) is 1. The Morgan fingerprint density at radius 2 is 2.23 bits per heavy atom. The lowest BCUT2D eigenvalue weighted by Gasteiger charge is -1.92. The lowest BCUT2D eigenvalue weighted by Crippen LogP contribution is -2.05. The number of halogens is 1. The quantitative estimate of drug-likeness (QED) is 0.791. The van der Waals surface area contributed by atoms with Crippen LogP contribution in [0.3, 0.4) is 0 Å². The molecule has 13 heavy (non-hydrogen) atoms. The van der Waals surface area contributed by atoms with Crippen molar-refractivity contribution >= 4 is 34.7 Å². The average Bonchev–Trinajstić information content (AvgIpc) is 2.46. The van der Waals surface area contributed by atoms with Crippen molar-refractivity contribution in [1.29, 1.82) is 0 Å². The average molecular weight is 220 g/mol. The summed E-state index contributed by atoms with van der Waals surface area (Å²) in [6.07, 6.45) is 0.223. The summed E-state index contributed by atoms with van der Waals surface area (Å²) in [5.74, 6) is -1.47. The molecule has 6 heteroatoms. The monoisotopic (exact) mass is 219 g/mol. The van der Waals surface area contributed by atoms with Gasteiger partial charge in [-0.15, -0.1) is 0 Å². The summed E-state index contributed by atoms with van der Waals surface area (Å²) in [5.41, 5.74) is -0.0370. The molecule has 0 bridgehead atoms. The topological polar surface area (TPSA) is 67.3 Å². The number of carboxylic acids is 1. The van der Waals surface area contributed by atoms with Crippen LogP contribution in [0.15, 0.2) is 0 Å². The predicted octanol–water partition coefficient (Wildman–Crippen LogP) is 2.09. The smallest absolute Gasteiger partial charge is 0.348 e. The van der Waals surface area contributed by atoms with Crippen molar-refractivity contribution in [2.24, 2.45) is 0 Å². The zero-order chi connectivity index (χ0) is 10.0. The number of rotatable bonds is 3. The second-order valence-corrected chi connectivity index (χ2v) is 3.81. The van der Waals surface area contributed by atoms with Crippen LogP contribution in [0.25, 0.3) is 0 Å². The number of Topliss-reactive ketones (excluding diaryl/α,β-unsaturated/α-hetero) is 1. The number of thiazole rings is 1. The number of hydrogen-bond acceptors (Lipinski definition) is 4. The van der Waals surface area contributed by atoms with Gasteiger partial charge in [0.2, 0.25) is 0 Å². The first-order chi connectivity index (χ1) is 6.06. The van der Waals surface area contributed by atoms with E-state index in [9.17, 15) is 9.59 Å².